The maximum atomic E-state index is 11.1. The number of nitrogens with zero attached hydrogens (tertiary/aromatic N) is 1. The van der Waals surface area contributed by atoms with Crippen molar-refractivity contribution in [3.05, 3.63) is 46.7 Å². The van der Waals surface area contributed by atoms with Crippen molar-refractivity contribution in [3.63, 3.8) is 0 Å². The van der Waals surface area contributed by atoms with E-state index in [1.165, 1.54) is 12.4 Å². The molecule has 1 heterocycles. The van der Waals surface area contributed by atoms with E-state index in [1.54, 1.807) is 25.1 Å². The van der Waals surface area contributed by atoms with Crippen molar-refractivity contribution in [2.24, 2.45) is 5.73 Å². The average molecular weight is 263 g/mol. The second-order valence-electron chi connectivity index (χ2n) is 3.95. The van der Waals surface area contributed by atoms with Gasteiger partial charge < -0.3 is 10.8 Å². The molecular weight excluding hydrogens is 252 g/mol. The summed E-state index contributed by atoms with van der Waals surface area (Å²) in [5, 5.41) is 10.4. The van der Waals surface area contributed by atoms with Gasteiger partial charge in [0.05, 0.1) is 5.56 Å². The van der Waals surface area contributed by atoms with Crippen LogP contribution in [0.3, 0.4) is 0 Å². The maximum absolute atomic E-state index is 11.1. The molecule has 1 aromatic carbocycles. The van der Waals surface area contributed by atoms with Crippen LogP contribution < -0.4 is 5.73 Å². The van der Waals surface area contributed by atoms with Gasteiger partial charge in [-0.3, -0.25) is 9.78 Å². The number of benzene rings is 1. The van der Waals surface area contributed by atoms with Gasteiger partial charge in [-0.15, -0.1) is 0 Å². The van der Waals surface area contributed by atoms with Crippen LogP contribution in [-0.2, 0) is 0 Å². The van der Waals surface area contributed by atoms with Crippen LogP contribution in [0.2, 0.25) is 5.02 Å². The number of halogens is 1. The van der Waals surface area contributed by atoms with Gasteiger partial charge in [-0.2, -0.15) is 0 Å². The van der Waals surface area contributed by atoms with E-state index in [1.807, 2.05) is 0 Å². The molecule has 0 atom stereocenters. The Morgan fingerprint density at radius 3 is 2.72 bits per heavy atom. The first-order valence-electron chi connectivity index (χ1n) is 5.23. The molecule has 0 fully saturated rings. The van der Waals surface area contributed by atoms with Crippen molar-refractivity contribution in [1.82, 2.24) is 4.98 Å². The summed E-state index contributed by atoms with van der Waals surface area (Å²) in [5.74, 6) is -0.484. The van der Waals surface area contributed by atoms with E-state index in [-0.39, 0.29) is 11.3 Å². The van der Waals surface area contributed by atoms with Crippen LogP contribution in [0.5, 0.6) is 5.75 Å². The van der Waals surface area contributed by atoms with E-state index in [2.05, 4.69) is 4.98 Å². The fraction of sp³-hybridized carbons (Fsp3) is 0.0769. The third-order valence-corrected chi connectivity index (χ3v) is 3.02. The highest BCUT2D eigenvalue weighted by Crippen LogP contribution is 2.33. The average Bonchev–Trinajstić information content (AvgIpc) is 2.34. The van der Waals surface area contributed by atoms with Crippen molar-refractivity contribution in [1.29, 1.82) is 0 Å². The molecule has 0 aliphatic rings. The van der Waals surface area contributed by atoms with E-state index < -0.39 is 5.91 Å². The Kier molecular flexibility index (Phi) is 3.21. The van der Waals surface area contributed by atoms with Crippen molar-refractivity contribution in [2.45, 2.75) is 6.92 Å². The highest BCUT2D eigenvalue weighted by atomic mass is 35.5. The lowest BCUT2D eigenvalue weighted by Gasteiger charge is -2.08. The molecule has 0 spiro atoms. The number of phenolic OH excluding ortho intramolecular Hbond substituents is 1. The SMILES string of the molecule is Cc1cc(O)c(-c2cncc(C(N)=O)c2)cc1Cl. The molecule has 1 amide bonds. The Morgan fingerprint density at radius 1 is 1.33 bits per heavy atom. The molecule has 2 aromatic rings. The topological polar surface area (TPSA) is 76.2 Å². The largest absolute Gasteiger partial charge is 0.507 e. The summed E-state index contributed by atoms with van der Waals surface area (Å²) >= 11 is 6.01. The molecule has 0 radical (unpaired) electrons. The van der Waals surface area contributed by atoms with Gasteiger partial charge in [0.2, 0.25) is 5.91 Å². The number of carbonyl (C=O) groups is 1. The molecule has 4 nitrogen and oxygen atoms in total. The minimum absolute atomic E-state index is 0.0836. The first-order valence-corrected chi connectivity index (χ1v) is 5.61. The molecule has 3 N–H and O–H groups in total. The molecular formula is C13H11ClN2O2. The Morgan fingerprint density at radius 2 is 2.06 bits per heavy atom. The summed E-state index contributed by atoms with van der Waals surface area (Å²) in [6.45, 7) is 1.80. The number of aromatic nitrogens is 1. The number of hydrogen-bond donors (Lipinski definition) is 2. The predicted molar refractivity (Wildman–Crippen MR) is 69.6 cm³/mol. The van der Waals surface area contributed by atoms with Gasteiger partial charge in [-0.25, -0.2) is 0 Å². The van der Waals surface area contributed by atoms with Crippen molar-refractivity contribution < 1.29 is 9.90 Å². The van der Waals surface area contributed by atoms with Gasteiger partial charge in [0.15, 0.2) is 0 Å². The summed E-state index contributed by atoms with van der Waals surface area (Å²) in [6.07, 6.45) is 2.91. The van der Waals surface area contributed by atoms with Gasteiger partial charge in [0, 0.05) is 28.5 Å². The van der Waals surface area contributed by atoms with Gasteiger partial charge in [0.25, 0.3) is 0 Å². The van der Waals surface area contributed by atoms with E-state index in [0.717, 1.165) is 5.56 Å². The summed E-state index contributed by atoms with van der Waals surface area (Å²) in [5.41, 5.74) is 7.34. The fourth-order valence-electron chi connectivity index (χ4n) is 1.62. The predicted octanol–water partition coefficient (Wildman–Crippen LogP) is 2.51. The summed E-state index contributed by atoms with van der Waals surface area (Å²) in [7, 11) is 0. The quantitative estimate of drug-likeness (QED) is 0.873. The van der Waals surface area contributed by atoms with Crippen LogP contribution in [0.25, 0.3) is 11.1 Å². The maximum Gasteiger partial charge on any atom is 0.250 e. The molecule has 0 aliphatic carbocycles. The number of carbonyl (C=O) groups excluding carboxylic acids is 1. The van der Waals surface area contributed by atoms with Gasteiger partial charge >= 0.3 is 0 Å². The molecule has 0 aliphatic heterocycles. The monoisotopic (exact) mass is 262 g/mol. The van der Waals surface area contributed by atoms with Crippen molar-refractivity contribution >= 4 is 17.5 Å². The number of pyridine rings is 1. The van der Waals surface area contributed by atoms with Gasteiger partial charge in [-0.1, -0.05) is 11.6 Å². The van der Waals surface area contributed by atoms with Crippen molar-refractivity contribution in [2.75, 3.05) is 0 Å². The smallest absolute Gasteiger partial charge is 0.250 e. The van der Waals surface area contributed by atoms with Gasteiger partial charge in [-0.05, 0) is 30.7 Å². The summed E-state index contributed by atoms with van der Waals surface area (Å²) in [6, 6.07) is 4.76. The number of aryl methyl sites for hydroxylation is 1. The first-order chi connectivity index (χ1) is 8.49. The standard InChI is InChI=1S/C13H11ClN2O2/c1-7-2-12(17)10(4-11(7)14)8-3-9(13(15)18)6-16-5-8/h2-6,17H,1H3,(H2,15,18). The zero-order valence-corrected chi connectivity index (χ0v) is 10.4. The Hall–Kier alpha value is -2.07. The third-order valence-electron chi connectivity index (χ3n) is 2.61. The minimum Gasteiger partial charge on any atom is -0.507 e. The van der Waals surface area contributed by atoms with E-state index in [9.17, 15) is 9.90 Å². The fourth-order valence-corrected chi connectivity index (χ4v) is 1.78. The summed E-state index contributed by atoms with van der Waals surface area (Å²) < 4.78 is 0. The molecule has 0 saturated carbocycles. The first kappa shape index (κ1) is 12.4. The number of nitrogens with two attached hydrogens (primary N) is 1. The van der Waals surface area contributed by atoms with Crippen LogP contribution in [0.15, 0.2) is 30.6 Å². The Bertz CT molecular complexity index is 626. The van der Waals surface area contributed by atoms with Crippen LogP contribution in [0, 0.1) is 6.92 Å². The lowest BCUT2D eigenvalue weighted by Crippen LogP contribution is -2.11. The second-order valence-corrected chi connectivity index (χ2v) is 4.35. The van der Waals surface area contributed by atoms with Crippen LogP contribution in [0.1, 0.15) is 15.9 Å². The molecule has 0 bridgehead atoms. The van der Waals surface area contributed by atoms with E-state index in [0.29, 0.717) is 16.1 Å². The molecule has 0 unspecified atom stereocenters. The number of aromatic hydroxyl groups is 1. The van der Waals surface area contributed by atoms with Gasteiger partial charge in [0.1, 0.15) is 5.75 Å². The number of amides is 1. The highest BCUT2D eigenvalue weighted by molar-refractivity contribution is 6.31. The molecule has 1 aromatic heterocycles. The van der Waals surface area contributed by atoms with E-state index >= 15 is 0 Å². The molecule has 2 rings (SSSR count). The van der Waals surface area contributed by atoms with Crippen LogP contribution in [0.4, 0.5) is 0 Å². The Balaban J connectivity index is 2.58. The minimum atomic E-state index is -0.568. The zero-order valence-electron chi connectivity index (χ0n) is 9.64. The van der Waals surface area contributed by atoms with Crippen molar-refractivity contribution in [3.8, 4) is 16.9 Å². The van der Waals surface area contributed by atoms with E-state index in [4.69, 9.17) is 17.3 Å². The normalized spacial score (nSPS) is 10.3. The molecule has 18 heavy (non-hydrogen) atoms. The lowest BCUT2D eigenvalue weighted by atomic mass is 10.0. The second kappa shape index (κ2) is 4.66. The number of hydrogen-bond acceptors (Lipinski definition) is 3. The third kappa shape index (κ3) is 2.28. The number of phenols is 1. The zero-order chi connectivity index (χ0) is 13.3. The van der Waals surface area contributed by atoms with Crippen LogP contribution in [-0.4, -0.2) is 16.0 Å². The highest BCUT2D eigenvalue weighted by Gasteiger charge is 2.10. The number of primary amides is 1. The molecule has 0 saturated heterocycles. The lowest BCUT2D eigenvalue weighted by molar-refractivity contribution is 0.1000. The summed E-state index contributed by atoms with van der Waals surface area (Å²) in [4.78, 5) is 15.0. The molecule has 92 valence electrons. The van der Waals surface area contributed by atoms with Crippen LogP contribution >= 0.6 is 11.6 Å². The molecule has 5 heteroatoms. The Labute approximate surface area is 109 Å². The number of rotatable bonds is 2.